The SMILES string of the molecule is O=C(N1CCCC1)N1CC2(CCN(CC3CC3)CC2)c2cc(F)ccc21. The number of piperidine rings is 1. The van der Waals surface area contributed by atoms with Gasteiger partial charge in [0.15, 0.2) is 0 Å². The van der Waals surface area contributed by atoms with Gasteiger partial charge in [-0.15, -0.1) is 0 Å². The van der Waals surface area contributed by atoms with Gasteiger partial charge in [-0.3, -0.25) is 4.90 Å². The van der Waals surface area contributed by atoms with Crippen LogP contribution < -0.4 is 4.90 Å². The quantitative estimate of drug-likeness (QED) is 0.808. The molecular formula is C21H28FN3O. The highest BCUT2D eigenvalue weighted by atomic mass is 19.1. The van der Waals surface area contributed by atoms with Crippen molar-refractivity contribution >= 4 is 11.7 Å². The molecule has 0 N–H and O–H groups in total. The van der Waals surface area contributed by atoms with Gasteiger partial charge in [0.2, 0.25) is 0 Å². The molecule has 3 fully saturated rings. The highest BCUT2D eigenvalue weighted by Gasteiger charge is 2.47. The summed E-state index contributed by atoms with van der Waals surface area (Å²) in [5.74, 6) is 0.726. The summed E-state index contributed by atoms with van der Waals surface area (Å²) in [5, 5.41) is 0. The molecule has 0 unspecified atom stereocenters. The Morgan fingerprint density at radius 2 is 1.85 bits per heavy atom. The number of anilines is 1. The van der Waals surface area contributed by atoms with Gasteiger partial charge in [0.1, 0.15) is 5.82 Å². The zero-order valence-corrected chi connectivity index (χ0v) is 15.4. The summed E-state index contributed by atoms with van der Waals surface area (Å²) in [6.45, 7) is 5.79. The Hall–Kier alpha value is -1.62. The van der Waals surface area contributed by atoms with Crippen molar-refractivity contribution in [3.63, 3.8) is 0 Å². The smallest absolute Gasteiger partial charge is 0.324 e. The molecule has 0 atom stereocenters. The van der Waals surface area contributed by atoms with E-state index in [1.807, 2.05) is 15.9 Å². The minimum absolute atomic E-state index is 0.0626. The molecule has 4 nitrogen and oxygen atoms in total. The summed E-state index contributed by atoms with van der Waals surface area (Å²) in [5.41, 5.74) is 1.95. The molecule has 3 heterocycles. The van der Waals surface area contributed by atoms with Crippen molar-refractivity contribution in [2.45, 2.75) is 43.9 Å². The van der Waals surface area contributed by atoms with Crippen LogP contribution in [0.5, 0.6) is 0 Å². The lowest BCUT2D eigenvalue weighted by molar-refractivity contribution is 0.159. The molecule has 4 aliphatic rings. The standard InChI is InChI=1S/C21H28FN3O/c22-17-5-6-19-18(13-17)21(7-11-23(12-8-21)14-16-3-4-16)15-25(19)20(26)24-9-1-2-10-24/h5-6,13,16H,1-4,7-12,14-15H2. The molecule has 2 saturated heterocycles. The van der Waals surface area contributed by atoms with Crippen molar-refractivity contribution in [1.29, 1.82) is 0 Å². The van der Waals surface area contributed by atoms with Crippen LogP contribution in [-0.2, 0) is 5.41 Å². The molecule has 26 heavy (non-hydrogen) atoms. The molecule has 3 aliphatic heterocycles. The number of carbonyl (C=O) groups excluding carboxylic acids is 1. The molecule has 1 aromatic carbocycles. The summed E-state index contributed by atoms with van der Waals surface area (Å²) in [7, 11) is 0. The molecule has 1 saturated carbocycles. The lowest BCUT2D eigenvalue weighted by Crippen LogP contribution is -2.48. The van der Waals surface area contributed by atoms with Gasteiger partial charge >= 0.3 is 6.03 Å². The van der Waals surface area contributed by atoms with E-state index in [9.17, 15) is 9.18 Å². The molecule has 2 amide bonds. The monoisotopic (exact) mass is 357 g/mol. The van der Waals surface area contributed by atoms with E-state index in [2.05, 4.69) is 4.90 Å². The van der Waals surface area contributed by atoms with Gasteiger partial charge in [-0.05, 0) is 81.3 Å². The number of fused-ring (bicyclic) bond motifs is 2. The largest absolute Gasteiger partial charge is 0.324 e. The average molecular weight is 357 g/mol. The summed E-state index contributed by atoms with van der Waals surface area (Å²) < 4.78 is 14.1. The molecule has 1 spiro atoms. The minimum Gasteiger partial charge on any atom is -0.324 e. The highest BCUT2D eigenvalue weighted by Crippen LogP contribution is 2.48. The maximum absolute atomic E-state index is 14.1. The maximum atomic E-state index is 14.1. The number of hydrogen-bond acceptors (Lipinski definition) is 2. The van der Waals surface area contributed by atoms with Crippen LogP contribution in [-0.4, -0.2) is 55.1 Å². The Bertz CT molecular complexity index is 703. The number of nitrogens with zero attached hydrogens (tertiary/aromatic N) is 3. The van der Waals surface area contributed by atoms with Gasteiger partial charge in [0.05, 0.1) is 0 Å². The second-order valence-electron chi connectivity index (χ2n) is 8.75. The van der Waals surface area contributed by atoms with Crippen LogP contribution in [0.1, 0.15) is 44.1 Å². The van der Waals surface area contributed by atoms with Crippen LogP contribution in [0.2, 0.25) is 0 Å². The first-order valence-corrected chi connectivity index (χ1v) is 10.2. The number of likely N-dealkylation sites (tertiary alicyclic amines) is 2. The third-order valence-electron chi connectivity index (χ3n) is 6.92. The van der Waals surface area contributed by atoms with Crippen LogP contribution in [0.4, 0.5) is 14.9 Å². The first kappa shape index (κ1) is 16.5. The van der Waals surface area contributed by atoms with Crippen molar-refractivity contribution in [2.75, 3.05) is 44.2 Å². The molecule has 1 aliphatic carbocycles. The molecule has 0 bridgehead atoms. The molecule has 5 rings (SSSR count). The number of hydrogen-bond donors (Lipinski definition) is 0. The normalized spacial score (nSPS) is 25.1. The topological polar surface area (TPSA) is 26.8 Å². The van der Waals surface area contributed by atoms with E-state index in [0.717, 1.165) is 75.6 Å². The van der Waals surface area contributed by atoms with E-state index in [-0.39, 0.29) is 17.3 Å². The Kier molecular flexibility index (Phi) is 3.96. The number of amides is 2. The Labute approximate surface area is 154 Å². The third-order valence-corrected chi connectivity index (χ3v) is 6.92. The Balaban J connectivity index is 1.40. The van der Waals surface area contributed by atoms with E-state index in [1.165, 1.54) is 25.5 Å². The minimum atomic E-state index is -0.181. The molecule has 5 heteroatoms. The van der Waals surface area contributed by atoms with Crippen LogP contribution in [0.25, 0.3) is 0 Å². The van der Waals surface area contributed by atoms with Crippen molar-refractivity contribution in [3.05, 3.63) is 29.6 Å². The number of rotatable bonds is 2. The summed E-state index contributed by atoms with van der Waals surface area (Å²) in [6.07, 6.45) is 7.01. The summed E-state index contributed by atoms with van der Waals surface area (Å²) in [4.78, 5) is 19.6. The lowest BCUT2D eigenvalue weighted by atomic mass is 9.74. The van der Waals surface area contributed by atoms with Gasteiger partial charge in [-0.25, -0.2) is 9.18 Å². The van der Waals surface area contributed by atoms with E-state index >= 15 is 0 Å². The van der Waals surface area contributed by atoms with Gasteiger partial charge in [-0.1, -0.05) is 0 Å². The molecule has 1 aromatic rings. The Morgan fingerprint density at radius 1 is 1.12 bits per heavy atom. The Morgan fingerprint density at radius 3 is 2.54 bits per heavy atom. The van der Waals surface area contributed by atoms with Gasteiger partial charge in [0.25, 0.3) is 0 Å². The zero-order valence-electron chi connectivity index (χ0n) is 15.4. The van der Waals surface area contributed by atoms with Gasteiger partial charge in [0, 0.05) is 37.3 Å². The van der Waals surface area contributed by atoms with Crippen molar-refractivity contribution in [1.82, 2.24) is 9.80 Å². The van der Waals surface area contributed by atoms with Crippen LogP contribution >= 0.6 is 0 Å². The van der Waals surface area contributed by atoms with Gasteiger partial charge in [-0.2, -0.15) is 0 Å². The maximum Gasteiger partial charge on any atom is 0.324 e. The number of urea groups is 1. The van der Waals surface area contributed by atoms with Gasteiger partial charge < -0.3 is 9.80 Å². The average Bonchev–Trinajstić information content (AvgIpc) is 3.19. The van der Waals surface area contributed by atoms with E-state index < -0.39 is 0 Å². The van der Waals surface area contributed by atoms with E-state index in [0.29, 0.717) is 0 Å². The second-order valence-corrected chi connectivity index (χ2v) is 8.75. The predicted molar refractivity (Wildman–Crippen MR) is 100 cm³/mol. The number of benzene rings is 1. The molecular weight excluding hydrogens is 329 g/mol. The highest BCUT2D eigenvalue weighted by molar-refractivity contribution is 5.95. The number of halogens is 1. The van der Waals surface area contributed by atoms with Crippen LogP contribution in [0, 0.1) is 11.7 Å². The van der Waals surface area contributed by atoms with Crippen LogP contribution in [0.15, 0.2) is 18.2 Å². The number of carbonyl (C=O) groups is 1. The zero-order chi connectivity index (χ0) is 17.7. The lowest BCUT2D eigenvalue weighted by Gasteiger charge is -2.40. The van der Waals surface area contributed by atoms with E-state index in [1.54, 1.807) is 6.07 Å². The first-order chi connectivity index (χ1) is 12.6. The van der Waals surface area contributed by atoms with E-state index in [4.69, 9.17) is 0 Å². The molecule has 0 radical (unpaired) electrons. The molecule has 0 aromatic heterocycles. The summed E-state index contributed by atoms with van der Waals surface area (Å²) in [6, 6.07) is 5.14. The second kappa shape index (κ2) is 6.22. The summed E-state index contributed by atoms with van der Waals surface area (Å²) >= 11 is 0. The predicted octanol–water partition coefficient (Wildman–Crippen LogP) is 3.61. The fourth-order valence-corrected chi connectivity index (χ4v) is 5.15. The first-order valence-electron chi connectivity index (χ1n) is 10.2. The van der Waals surface area contributed by atoms with Crippen LogP contribution in [0.3, 0.4) is 0 Å². The fourth-order valence-electron chi connectivity index (χ4n) is 5.15. The molecule has 140 valence electrons. The van der Waals surface area contributed by atoms with Crippen molar-refractivity contribution < 1.29 is 9.18 Å². The van der Waals surface area contributed by atoms with Crippen molar-refractivity contribution in [2.24, 2.45) is 5.92 Å². The van der Waals surface area contributed by atoms with Crippen molar-refractivity contribution in [3.8, 4) is 0 Å². The third kappa shape index (κ3) is 2.81. The fraction of sp³-hybridized carbons (Fsp3) is 0.667.